The van der Waals surface area contributed by atoms with Gasteiger partial charge in [-0.25, -0.2) is 9.67 Å². The Morgan fingerprint density at radius 1 is 1.65 bits per heavy atom. The van der Waals surface area contributed by atoms with Crippen LogP contribution >= 0.6 is 11.8 Å². The fourth-order valence-electron chi connectivity index (χ4n) is 1.62. The largest absolute Gasteiger partial charge is 0.302 e. The van der Waals surface area contributed by atoms with Gasteiger partial charge in [-0.05, 0) is 26.3 Å². The second kappa shape index (κ2) is 6.62. The zero-order valence-corrected chi connectivity index (χ0v) is 11.4. The Morgan fingerprint density at radius 3 is 2.88 bits per heavy atom. The second-order valence-corrected chi connectivity index (χ2v) is 4.98. The average molecular weight is 253 g/mol. The number of hydrogen-bond donors (Lipinski definition) is 1. The van der Waals surface area contributed by atoms with Crippen LogP contribution < -0.4 is 5.32 Å². The maximum atomic E-state index is 9.16. The first-order chi connectivity index (χ1) is 8.17. The Hall–Kier alpha value is -1.06. The van der Waals surface area contributed by atoms with Crippen molar-refractivity contribution < 1.29 is 0 Å². The lowest BCUT2D eigenvalue weighted by Crippen LogP contribution is -2.40. The van der Waals surface area contributed by atoms with Crippen molar-refractivity contribution in [2.75, 3.05) is 12.8 Å². The van der Waals surface area contributed by atoms with Crippen molar-refractivity contribution in [3.05, 3.63) is 6.33 Å². The lowest BCUT2D eigenvalue weighted by Gasteiger charge is -2.24. The number of nitrogens with one attached hydrogen (secondary N) is 1. The molecule has 0 bridgehead atoms. The maximum Gasteiger partial charge on any atom is 0.185 e. The first kappa shape index (κ1) is 14.0. The van der Waals surface area contributed by atoms with Gasteiger partial charge >= 0.3 is 0 Å². The summed E-state index contributed by atoms with van der Waals surface area (Å²) in [7, 11) is 3.73. The predicted molar refractivity (Wildman–Crippen MR) is 68.7 cm³/mol. The minimum absolute atomic E-state index is 0.375. The molecule has 0 aliphatic rings. The Morgan fingerprint density at radius 2 is 2.41 bits per heavy atom. The first-order valence-electron chi connectivity index (χ1n) is 5.74. The van der Waals surface area contributed by atoms with Gasteiger partial charge in [0, 0.05) is 12.8 Å². The first-order valence-corrected chi connectivity index (χ1v) is 6.73. The molecular formula is C11H19N5S. The van der Waals surface area contributed by atoms with Gasteiger partial charge in [0.05, 0.1) is 6.07 Å². The molecule has 1 atom stereocenters. The number of rotatable bonds is 7. The Labute approximate surface area is 107 Å². The summed E-state index contributed by atoms with van der Waals surface area (Å²) in [6, 6.07) is 2.37. The SMILES string of the molecule is CCC(C#N)(CCCSc1ncnn1C)NC. The van der Waals surface area contributed by atoms with Crippen LogP contribution in [0, 0.1) is 11.3 Å². The number of hydrogen-bond acceptors (Lipinski definition) is 5. The molecule has 1 N–H and O–H groups in total. The quantitative estimate of drug-likeness (QED) is 0.590. The molecule has 17 heavy (non-hydrogen) atoms. The number of aryl methyl sites for hydroxylation is 1. The highest BCUT2D eigenvalue weighted by atomic mass is 32.2. The third-order valence-corrected chi connectivity index (χ3v) is 4.07. The molecule has 0 aliphatic carbocycles. The predicted octanol–water partition coefficient (Wildman–Crippen LogP) is 1.58. The number of nitrogens with zero attached hydrogens (tertiary/aromatic N) is 4. The molecule has 0 aromatic carbocycles. The Kier molecular flexibility index (Phi) is 5.45. The van der Waals surface area contributed by atoms with E-state index in [2.05, 4.69) is 21.5 Å². The van der Waals surface area contributed by atoms with Crippen LogP contribution in [0.1, 0.15) is 26.2 Å². The van der Waals surface area contributed by atoms with Crippen LogP contribution in [0.2, 0.25) is 0 Å². The maximum absolute atomic E-state index is 9.16. The van der Waals surface area contributed by atoms with Gasteiger partial charge < -0.3 is 5.32 Å². The molecule has 94 valence electrons. The lowest BCUT2D eigenvalue weighted by molar-refractivity contribution is 0.400. The molecular weight excluding hydrogens is 234 g/mol. The van der Waals surface area contributed by atoms with Gasteiger partial charge in [0.2, 0.25) is 0 Å². The highest BCUT2D eigenvalue weighted by molar-refractivity contribution is 7.99. The highest BCUT2D eigenvalue weighted by Crippen LogP contribution is 2.20. The van der Waals surface area contributed by atoms with Gasteiger partial charge in [-0.15, -0.1) is 0 Å². The summed E-state index contributed by atoms with van der Waals surface area (Å²) in [4.78, 5) is 4.14. The van der Waals surface area contributed by atoms with Gasteiger partial charge in [0.1, 0.15) is 11.9 Å². The van der Waals surface area contributed by atoms with Gasteiger partial charge in [-0.1, -0.05) is 18.7 Å². The Balaban J connectivity index is 2.33. The van der Waals surface area contributed by atoms with Crippen LogP contribution in [0.4, 0.5) is 0 Å². The summed E-state index contributed by atoms with van der Waals surface area (Å²) in [6.07, 6.45) is 4.23. The average Bonchev–Trinajstić information content (AvgIpc) is 2.76. The normalized spacial score (nSPS) is 14.2. The van der Waals surface area contributed by atoms with Crippen LogP contribution in [0.5, 0.6) is 0 Å². The molecule has 1 heterocycles. The molecule has 1 unspecified atom stereocenters. The fraction of sp³-hybridized carbons (Fsp3) is 0.727. The van der Waals surface area contributed by atoms with Crippen LogP contribution in [0.3, 0.4) is 0 Å². The van der Waals surface area contributed by atoms with Crippen LogP contribution in [0.25, 0.3) is 0 Å². The van der Waals surface area contributed by atoms with Crippen molar-refractivity contribution in [3.8, 4) is 6.07 Å². The zero-order chi connectivity index (χ0) is 12.7. The molecule has 0 fully saturated rings. The van der Waals surface area contributed by atoms with Crippen molar-refractivity contribution in [1.29, 1.82) is 5.26 Å². The smallest absolute Gasteiger partial charge is 0.185 e. The molecule has 1 aromatic heterocycles. The molecule has 1 aromatic rings. The van der Waals surface area contributed by atoms with E-state index >= 15 is 0 Å². The number of thioether (sulfide) groups is 1. The fourth-order valence-corrected chi connectivity index (χ4v) is 2.45. The van der Waals surface area contributed by atoms with Gasteiger partial charge in [-0.2, -0.15) is 10.4 Å². The van der Waals surface area contributed by atoms with Crippen molar-refractivity contribution >= 4 is 11.8 Å². The van der Waals surface area contributed by atoms with E-state index in [4.69, 9.17) is 5.26 Å². The monoisotopic (exact) mass is 253 g/mol. The van der Waals surface area contributed by atoms with Crippen LogP contribution in [0.15, 0.2) is 11.5 Å². The van der Waals surface area contributed by atoms with E-state index in [1.54, 1.807) is 22.8 Å². The highest BCUT2D eigenvalue weighted by Gasteiger charge is 2.24. The standard InChI is InChI=1S/C11H19N5S/c1-4-11(8-12,13-2)6-5-7-17-10-14-9-15-16(10)3/h9,13H,4-7H2,1-3H3. The summed E-state index contributed by atoms with van der Waals surface area (Å²) in [5.41, 5.74) is -0.375. The summed E-state index contributed by atoms with van der Waals surface area (Å²) in [6.45, 7) is 2.04. The minimum Gasteiger partial charge on any atom is -0.302 e. The Bertz CT molecular complexity index is 377. The minimum atomic E-state index is -0.375. The lowest BCUT2D eigenvalue weighted by atomic mass is 9.93. The second-order valence-electron chi connectivity index (χ2n) is 3.92. The summed E-state index contributed by atoms with van der Waals surface area (Å²) >= 11 is 1.68. The summed E-state index contributed by atoms with van der Waals surface area (Å²) < 4.78 is 1.76. The molecule has 0 saturated carbocycles. The summed E-state index contributed by atoms with van der Waals surface area (Å²) in [5.74, 6) is 0.956. The third kappa shape index (κ3) is 3.72. The molecule has 0 spiro atoms. The van der Waals surface area contributed by atoms with Crippen molar-refractivity contribution in [2.45, 2.75) is 36.9 Å². The molecule has 0 radical (unpaired) electrons. The molecule has 6 heteroatoms. The van der Waals surface area contributed by atoms with Crippen LogP contribution in [-0.4, -0.2) is 33.1 Å². The van der Waals surface area contributed by atoms with Crippen molar-refractivity contribution in [2.24, 2.45) is 7.05 Å². The van der Waals surface area contributed by atoms with E-state index in [0.29, 0.717) is 0 Å². The van der Waals surface area contributed by atoms with E-state index < -0.39 is 0 Å². The molecule has 1 rings (SSSR count). The summed E-state index contributed by atoms with van der Waals surface area (Å²) in [5, 5.41) is 17.2. The van der Waals surface area contributed by atoms with Gasteiger partial charge in [0.25, 0.3) is 0 Å². The topological polar surface area (TPSA) is 66.5 Å². The number of nitriles is 1. The van der Waals surface area contributed by atoms with Crippen molar-refractivity contribution in [3.63, 3.8) is 0 Å². The van der Waals surface area contributed by atoms with E-state index in [1.807, 2.05) is 21.0 Å². The third-order valence-electron chi connectivity index (χ3n) is 2.95. The van der Waals surface area contributed by atoms with E-state index in [1.165, 1.54) is 0 Å². The molecule has 5 nitrogen and oxygen atoms in total. The number of aromatic nitrogens is 3. The van der Waals surface area contributed by atoms with E-state index in [9.17, 15) is 0 Å². The van der Waals surface area contributed by atoms with Gasteiger partial charge in [0.15, 0.2) is 5.16 Å². The van der Waals surface area contributed by atoms with Gasteiger partial charge in [-0.3, -0.25) is 0 Å². The van der Waals surface area contributed by atoms with Crippen molar-refractivity contribution in [1.82, 2.24) is 20.1 Å². The van der Waals surface area contributed by atoms with E-state index in [-0.39, 0.29) is 5.54 Å². The van der Waals surface area contributed by atoms with E-state index in [0.717, 1.165) is 30.2 Å². The molecule has 0 aliphatic heterocycles. The molecule has 0 saturated heterocycles. The zero-order valence-electron chi connectivity index (χ0n) is 10.6. The molecule has 0 amide bonds. The van der Waals surface area contributed by atoms with Crippen LogP contribution in [-0.2, 0) is 7.05 Å².